The maximum Gasteiger partial charge on any atom is 0.0761 e. The lowest BCUT2D eigenvalue weighted by molar-refractivity contribution is 0.199. The van der Waals surface area contributed by atoms with E-state index in [1.165, 1.54) is 12.1 Å². The van der Waals surface area contributed by atoms with Gasteiger partial charge in [0.25, 0.3) is 0 Å². The van der Waals surface area contributed by atoms with Gasteiger partial charge in [-0.05, 0) is 58.6 Å². The maximum absolute atomic E-state index is 9.49. The molecule has 0 radical (unpaired) electrons. The summed E-state index contributed by atoms with van der Waals surface area (Å²) in [6.07, 6.45) is 0.779. The van der Waals surface area contributed by atoms with E-state index in [0.29, 0.717) is 0 Å². The van der Waals surface area contributed by atoms with Crippen LogP contribution in [-0.2, 0) is 0 Å². The lowest BCUT2D eigenvalue weighted by atomic mass is 10.1. The first-order chi connectivity index (χ1) is 8.54. The minimum Gasteiger partial charge on any atom is -0.389 e. The van der Waals surface area contributed by atoms with E-state index in [4.69, 9.17) is 0 Å². The molecule has 1 aromatic carbocycles. The topological polar surface area (TPSA) is 26.7 Å². The molecule has 0 spiro atoms. The molecular weight excluding hydrogens is 224 g/mol. The summed E-state index contributed by atoms with van der Waals surface area (Å²) >= 11 is 0. The molecule has 0 aromatic heterocycles. The molecule has 0 aliphatic rings. The van der Waals surface area contributed by atoms with Crippen molar-refractivity contribution in [3.8, 4) is 0 Å². The maximum atomic E-state index is 9.49. The minimum atomic E-state index is -0.386. The average Bonchev–Trinajstić information content (AvgIpc) is 2.34. The van der Waals surface area contributed by atoms with Crippen LogP contribution in [0, 0.1) is 0 Å². The Balaban J connectivity index is 2.58. The van der Waals surface area contributed by atoms with E-state index in [1.807, 2.05) is 12.1 Å². The first-order valence-corrected chi connectivity index (χ1v) is 6.72. The highest BCUT2D eigenvalue weighted by atomic mass is 16.3. The van der Waals surface area contributed by atoms with Crippen molar-refractivity contribution in [2.75, 3.05) is 38.6 Å². The highest BCUT2D eigenvalue weighted by Gasteiger charge is 2.06. The third kappa shape index (κ3) is 4.67. The van der Waals surface area contributed by atoms with Crippen molar-refractivity contribution in [2.24, 2.45) is 0 Å². The Morgan fingerprint density at radius 1 is 1.11 bits per heavy atom. The molecule has 1 atom stereocenters. The number of nitrogens with zero attached hydrogens (tertiary/aromatic N) is 2. The van der Waals surface area contributed by atoms with Gasteiger partial charge in [-0.1, -0.05) is 12.1 Å². The Bertz CT molecular complexity index is 333. The summed E-state index contributed by atoms with van der Waals surface area (Å²) in [4.78, 5) is 4.58. The van der Waals surface area contributed by atoms with Gasteiger partial charge in [-0.25, -0.2) is 0 Å². The lowest BCUT2D eigenvalue weighted by Gasteiger charge is -2.24. The standard InChI is InChI=1S/C15H26N2O/c1-5-17(12-6-11-16(3)4)15-9-7-14(8-10-15)13(2)18/h7-10,13,18H,5-6,11-12H2,1-4H3/t13-/m1/s1. The number of hydrogen-bond acceptors (Lipinski definition) is 3. The van der Waals surface area contributed by atoms with Crippen LogP contribution >= 0.6 is 0 Å². The second-order valence-corrected chi connectivity index (χ2v) is 5.00. The highest BCUT2D eigenvalue weighted by Crippen LogP contribution is 2.19. The van der Waals surface area contributed by atoms with E-state index in [2.05, 4.69) is 43.0 Å². The fourth-order valence-electron chi connectivity index (χ4n) is 2.01. The van der Waals surface area contributed by atoms with Crippen molar-refractivity contribution in [1.29, 1.82) is 0 Å². The molecule has 1 N–H and O–H groups in total. The van der Waals surface area contributed by atoms with E-state index < -0.39 is 0 Å². The fraction of sp³-hybridized carbons (Fsp3) is 0.600. The van der Waals surface area contributed by atoms with Gasteiger partial charge < -0.3 is 14.9 Å². The molecule has 0 saturated carbocycles. The van der Waals surface area contributed by atoms with Crippen molar-refractivity contribution in [3.63, 3.8) is 0 Å². The molecule has 0 aliphatic heterocycles. The summed E-state index contributed by atoms with van der Waals surface area (Å²) in [5.41, 5.74) is 2.21. The van der Waals surface area contributed by atoms with E-state index >= 15 is 0 Å². The third-order valence-electron chi connectivity index (χ3n) is 3.16. The van der Waals surface area contributed by atoms with Gasteiger partial charge in [0.05, 0.1) is 6.10 Å². The van der Waals surface area contributed by atoms with Crippen molar-refractivity contribution in [1.82, 2.24) is 4.90 Å². The van der Waals surface area contributed by atoms with Crippen LogP contribution in [0.3, 0.4) is 0 Å². The summed E-state index contributed by atoms with van der Waals surface area (Å²) in [5, 5.41) is 9.49. The molecule has 0 unspecified atom stereocenters. The third-order valence-corrected chi connectivity index (χ3v) is 3.16. The van der Waals surface area contributed by atoms with Crippen molar-refractivity contribution >= 4 is 5.69 Å². The molecule has 3 heteroatoms. The number of hydrogen-bond donors (Lipinski definition) is 1. The molecule has 0 bridgehead atoms. The molecule has 0 heterocycles. The van der Waals surface area contributed by atoms with Gasteiger partial charge in [-0.15, -0.1) is 0 Å². The zero-order chi connectivity index (χ0) is 13.5. The SMILES string of the molecule is CCN(CCCN(C)C)c1ccc([C@@H](C)O)cc1. The number of aliphatic hydroxyl groups excluding tert-OH is 1. The zero-order valence-electron chi connectivity index (χ0n) is 12.1. The number of anilines is 1. The zero-order valence-corrected chi connectivity index (χ0v) is 12.1. The van der Waals surface area contributed by atoms with Crippen LogP contribution in [0.2, 0.25) is 0 Å². The summed E-state index contributed by atoms with van der Waals surface area (Å²) in [7, 11) is 4.21. The van der Waals surface area contributed by atoms with E-state index in [0.717, 1.165) is 25.2 Å². The Labute approximate surface area is 111 Å². The van der Waals surface area contributed by atoms with Crippen LogP contribution in [0.4, 0.5) is 5.69 Å². The molecule has 0 amide bonds. The quantitative estimate of drug-likeness (QED) is 0.805. The van der Waals surface area contributed by atoms with Gasteiger partial charge in [0.15, 0.2) is 0 Å². The molecule has 1 rings (SSSR count). The Morgan fingerprint density at radius 2 is 1.72 bits per heavy atom. The van der Waals surface area contributed by atoms with Crippen LogP contribution in [0.5, 0.6) is 0 Å². The summed E-state index contributed by atoms with van der Waals surface area (Å²) in [6.45, 7) is 7.17. The monoisotopic (exact) mass is 250 g/mol. The molecule has 102 valence electrons. The second-order valence-electron chi connectivity index (χ2n) is 5.00. The van der Waals surface area contributed by atoms with Crippen LogP contribution in [0.1, 0.15) is 31.9 Å². The minimum absolute atomic E-state index is 0.386. The predicted octanol–water partition coefficient (Wildman–Crippen LogP) is 2.52. The smallest absolute Gasteiger partial charge is 0.0761 e. The van der Waals surface area contributed by atoms with Gasteiger partial charge >= 0.3 is 0 Å². The Kier molecular flexibility index (Phi) is 6.16. The van der Waals surface area contributed by atoms with Gasteiger partial charge in [0.1, 0.15) is 0 Å². The van der Waals surface area contributed by atoms with Gasteiger partial charge in [-0.2, -0.15) is 0 Å². The normalized spacial score (nSPS) is 12.8. The largest absolute Gasteiger partial charge is 0.389 e. The summed E-state index contributed by atoms with van der Waals surface area (Å²) < 4.78 is 0. The Morgan fingerprint density at radius 3 is 2.17 bits per heavy atom. The first-order valence-electron chi connectivity index (χ1n) is 6.72. The summed E-state index contributed by atoms with van der Waals surface area (Å²) in [5.74, 6) is 0. The van der Waals surface area contributed by atoms with Crippen LogP contribution < -0.4 is 4.90 Å². The van der Waals surface area contributed by atoms with Crippen LogP contribution in [-0.4, -0.2) is 43.7 Å². The van der Waals surface area contributed by atoms with Crippen LogP contribution in [0.15, 0.2) is 24.3 Å². The number of aliphatic hydroxyl groups is 1. The highest BCUT2D eigenvalue weighted by molar-refractivity contribution is 5.47. The van der Waals surface area contributed by atoms with E-state index in [1.54, 1.807) is 6.92 Å². The second kappa shape index (κ2) is 7.39. The Hall–Kier alpha value is -1.06. The van der Waals surface area contributed by atoms with E-state index in [-0.39, 0.29) is 6.10 Å². The van der Waals surface area contributed by atoms with E-state index in [9.17, 15) is 5.11 Å². The molecule has 1 aromatic rings. The summed E-state index contributed by atoms with van der Waals surface area (Å²) in [6, 6.07) is 8.21. The first kappa shape index (κ1) is 15.0. The molecular formula is C15H26N2O. The fourth-order valence-corrected chi connectivity index (χ4v) is 2.01. The molecule has 3 nitrogen and oxygen atoms in total. The molecule has 18 heavy (non-hydrogen) atoms. The van der Waals surface area contributed by atoms with Crippen molar-refractivity contribution < 1.29 is 5.11 Å². The van der Waals surface area contributed by atoms with Crippen LogP contribution in [0.25, 0.3) is 0 Å². The number of benzene rings is 1. The van der Waals surface area contributed by atoms with Crippen molar-refractivity contribution in [3.05, 3.63) is 29.8 Å². The average molecular weight is 250 g/mol. The predicted molar refractivity (Wildman–Crippen MR) is 78.1 cm³/mol. The molecule has 0 fully saturated rings. The molecule has 0 saturated heterocycles. The van der Waals surface area contributed by atoms with Gasteiger partial charge in [0.2, 0.25) is 0 Å². The van der Waals surface area contributed by atoms with Gasteiger partial charge in [0, 0.05) is 18.8 Å². The molecule has 0 aliphatic carbocycles. The lowest BCUT2D eigenvalue weighted by Crippen LogP contribution is -2.26. The van der Waals surface area contributed by atoms with Gasteiger partial charge in [-0.3, -0.25) is 0 Å². The van der Waals surface area contributed by atoms with Crippen molar-refractivity contribution in [2.45, 2.75) is 26.4 Å². The number of rotatable bonds is 7.